The molecule has 0 aromatic heterocycles. The zero-order valence-corrected chi connectivity index (χ0v) is 11.2. The summed E-state index contributed by atoms with van der Waals surface area (Å²) < 4.78 is 16.9. The van der Waals surface area contributed by atoms with Gasteiger partial charge < -0.3 is 14.2 Å². The normalized spacial score (nSPS) is 28.2. The van der Waals surface area contributed by atoms with Gasteiger partial charge in [0.1, 0.15) is 0 Å². The monoisotopic (exact) mass is 250 g/mol. The molecule has 0 N–H and O–H groups in total. The molecular weight excluding hydrogens is 228 g/mol. The van der Waals surface area contributed by atoms with Crippen molar-refractivity contribution in [2.24, 2.45) is 0 Å². The Morgan fingerprint density at radius 2 is 2.11 bits per heavy atom. The average molecular weight is 250 g/mol. The van der Waals surface area contributed by atoms with Gasteiger partial charge in [-0.1, -0.05) is 30.3 Å². The Morgan fingerprint density at radius 1 is 1.33 bits per heavy atom. The van der Waals surface area contributed by atoms with Crippen LogP contribution in [0.2, 0.25) is 0 Å². The standard InChI is InChI=1S/C15H22O3/c1-15(16-2)9-8-14(18-12-15)11-17-10-13-6-4-3-5-7-13/h3-7,14H,8-12H2,1-2H3. The molecule has 1 fully saturated rings. The second-order valence-electron chi connectivity index (χ2n) is 5.13. The summed E-state index contributed by atoms with van der Waals surface area (Å²) in [6.45, 7) is 4.06. The predicted molar refractivity (Wildman–Crippen MR) is 70.5 cm³/mol. The van der Waals surface area contributed by atoms with Crippen molar-refractivity contribution in [1.29, 1.82) is 0 Å². The summed E-state index contributed by atoms with van der Waals surface area (Å²) in [6, 6.07) is 10.2. The molecule has 0 spiro atoms. The second-order valence-corrected chi connectivity index (χ2v) is 5.13. The van der Waals surface area contributed by atoms with Gasteiger partial charge in [-0.3, -0.25) is 0 Å². The lowest BCUT2D eigenvalue weighted by Gasteiger charge is -2.36. The fraction of sp³-hybridized carbons (Fsp3) is 0.600. The minimum atomic E-state index is -0.115. The molecule has 18 heavy (non-hydrogen) atoms. The summed E-state index contributed by atoms with van der Waals surface area (Å²) in [5.74, 6) is 0. The molecule has 0 aliphatic carbocycles. The number of methoxy groups -OCH3 is 1. The zero-order chi connectivity index (χ0) is 12.8. The number of benzene rings is 1. The molecule has 1 heterocycles. The average Bonchev–Trinajstić information content (AvgIpc) is 2.42. The van der Waals surface area contributed by atoms with Crippen molar-refractivity contribution in [2.45, 2.75) is 38.1 Å². The summed E-state index contributed by atoms with van der Waals surface area (Å²) in [5.41, 5.74) is 1.09. The Bertz CT molecular complexity index is 342. The number of hydrogen-bond acceptors (Lipinski definition) is 3. The molecule has 0 amide bonds. The molecule has 2 unspecified atom stereocenters. The number of ether oxygens (including phenoxy) is 3. The summed E-state index contributed by atoms with van der Waals surface area (Å²) in [5, 5.41) is 0. The molecule has 1 aromatic carbocycles. The molecule has 1 saturated heterocycles. The smallest absolute Gasteiger partial charge is 0.0884 e. The molecule has 0 radical (unpaired) electrons. The van der Waals surface area contributed by atoms with E-state index >= 15 is 0 Å². The van der Waals surface area contributed by atoms with Crippen molar-refractivity contribution in [3.05, 3.63) is 35.9 Å². The van der Waals surface area contributed by atoms with Crippen molar-refractivity contribution in [1.82, 2.24) is 0 Å². The Hall–Kier alpha value is -0.900. The van der Waals surface area contributed by atoms with Crippen molar-refractivity contribution in [3.8, 4) is 0 Å². The van der Waals surface area contributed by atoms with Gasteiger partial charge in [0, 0.05) is 7.11 Å². The minimum Gasteiger partial charge on any atom is -0.376 e. The van der Waals surface area contributed by atoms with Crippen LogP contribution in [0.25, 0.3) is 0 Å². The molecule has 3 heteroatoms. The van der Waals surface area contributed by atoms with Crippen molar-refractivity contribution >= 4 is 0 Å². The van der Waals surface area contributed by atoms with E-state index in [4.69, 9.17) is 14.2 Å². The lowest BCUT2D eigenvalue weighted by Crippen LogP contribution is -2.42. The highest BCUT2D eigenvalue weighted by atomic mass is 16.6. The van der Waals surface area contributed by atoms with Crippen molar-refractivity contribution < 1.29 is 14.2 Å². The van der Waals surface area contributed by atoms with Crippen molar-refractivity contribution in [2.75, 3.05) is 20.3 Å². The van der Waals surface area contributed by atoms with E-state index in [0.29, 0.717) is 19.8 Å². The summed E-state index contributed by atoms with van der Waals surface area (Å²) in [6.07, 6.45) is 2.24. The Balaban J connectivity index is 1.67. The van der Waals surface area contributed by atoms with E-state index in [9.17, 15) is 0 Å². The molecule has 2 rings (SSSR count). The van der Waals surface area contributed by atoms with Crippen LogP contribution in [0.3, 0.4) is 0 Å². The van der Waals surface area contributed by atoms with E-state index in [1.54, 1.807) is 7.11 Å². The zero-order valence-electron chi connectivity index (χ0n) is 11.2. The first-order chi connectivity index (χ1) is 8.72. The number of hydrogen-bond donors (Lipinski definition) is 0. The molecule has 3 nitrogen and oxygen atoms in total. The lowest BCUT2D eigenvalue weighted by molar-refractivity contribution is -0.143. The van der Waals surface area contributed by atoms with Crippen LogP contribution < -0.4 is 0 Å². The van der Waals surface area contributed by atoms with Gasteiger partial charge in [-0.2, -0.15) is 0 Å². The fourth-order valence-corrected chi connectivity index (χ4v) is 2.09. The first-order valence-electron chi connectivity index (χ1n) is 6.50. The van der Waals surface area contributed by atoms with E-state index in [2.05, 4.69) is 19.1 Å². The first-order valence-corrected chi connectivity index (χ1v) is 6.50. The molecular formula is C15H22O3. The van der Waals surface area contributed by atoms with Gasteiger partial charge in [0.2, 0.25) is 0 Å². The maximum atomic E-state index is 5.77. The maximum Gasteiger partial charge on any atom is 0.0884 e. The van der Waals surface area contributed by atoms with E-state index in [-0.39, 0.29) is 11.7 Å². The van der Waals surface area contributed by atoms with Gasteiger partial charge in [-0.15, -0.1) is 0 Å². The predicted octanol–water partition coefficient (Wildman–Crippen LogP) is 2.79. The van der Waals surface area contributed by atoms with Crippen LogP contribution in [0.4, 0.5) is 0 Å². The fourth-order valence-electron chi connectivity index (χ4n) is 2.09. The minimum absolute atomic E-state index is 0.115. The third kappa shape index (κ3) is 3.80. The van der Waals surface area contributed by atoms with Gasteiger partial charge in [0.15, 0.2) is 0 Å². The van der Waals surface area contributed by atoms with Crippen molar-refractivity contribution in [3.63, 3.8) is 0 Å². The van der Waals surface area contributed by atoms with Gasteiger partial charge in [0.25, 0.3) is 0 Å². The van der Waals surface area contributed by atoms with E-state index in [1.165, 1.54) is 5.56 Å². The van der Waals surface area contributed by atoms with Crippen LogP contribution in [0, 0.1) is 0 Å². The Kier molecular flexibility index (Phi) is 4.75. The highest BCUT2D eigenvalue weighted by Gasteiger charge is 2.31. The largest absolute Gasteiger partial charge is 0.376 e. The Morgan fingerprint density at radius 3 is 2.72 bits per heavy atom. The molecule has 2 atom stereocenters. The van der Waals surface area contributed by atoms with E-state index < -0.39 is 0 Å². The van der Waals surface area contributed by atoms with Crippen LogP contribution in [-0.4, -0.2) is 32.0 Å². The van der Waals surface area contributed by atoms with Crippen LogP contribution in [0.15, 0.2) is 30.3 Å². The molecule has 0 bridgehead atoms. The Labute approximate surface area is 109 Å². The topological polar surface area (TPSA) is 27.7 Å². The summed E-state index contributed by atoms with van der Waals surface area (Å²) in [4.78, 5) is 0. The summed E-state index contributed by atoms with van der Waals surface area (Å²) >= 11 is 0. The van der Waals surface area contributed by atoms with Gasteiger partial charge in [0.05, 0.1) is 31.5 Å². The number of rotatable bonds is 5. The molecule has 0 saturated carbocycles. The van der Waals surface area contributed by atoms with Crippen LogP contribution in [0.5, 0.6) is 0 Å². The third-order valence-electron chi connectivity index (χ3n) is 3.53. The first kappa shape index (κ1) is 13.5. The maximum absolute atomic E-state index is 5.77. The quantitative estimate of drug-likeness (QED) is 0.804. The molecule has 1 aliphatic rings. The van der Waals surface area contributed by atoms with E-state index in [0.717, 1.165) is 12.8 Å². The van der Waals surface area contributed by atoms with Gasteiger partial charge in [-0.05, 0) is 25.3 Å². The van der Waals surface area contributed by atoms with Gasteiger partial charge in [-0.25, -0.2) is 0 Å². The summed E-state index contributed by atoms with van der Waals surface area (Å²) in [7, 11) is 1.75. The highest BCUT2D eigenvalue weighted by molar-refractivity contribution is 5.13. The van der Waals surface area contributed by atoms with Gasteiger partial charge >= 0.3 is 0 Å². The molecule has 100 valence electrons. The van der Waals surface area contributed by atoms with Crippen LogP contribution in [-0.2, 0) is 20.8 Å². The lowest BCUT2D eigenvalue weighted by atomic mass is 9.96. The van der Waals surface area contributed by atoms with E-state index in [1.807, 2.05) is 18.2 Å². The molecule has 1 aliphatic heterocycles. The highest BCUT2D eigenvalue weighted by Crippen LogP contribution is 2.25. The molecule has 1 aromatic rings. The van der Waals surface area contributed by atoms with Crippen LogP contribution in [0.1, 0.15) is 25.3 Å². The third-order valence-corrected chi connectivity index (χ3v) is 3.53. The van der Waals surface area contributed by atoms with Crippen LogP contribution >= 0.6 is 0 Å². The second kappa shape index (κ2) is 6.32. The SMILES string of the molecule is COC1(C)CCC(COCc2ccccc2)OC1.